The van der Waals surface area contributed by atoms with E-state index in [1.807, 2.05) is 36.4 Å². The molecule has 0 radical (unpaired) electrons. The number of hydrogen-bond donors (Lipinski definition) is 8. The summed E-state index contributed by atoms with van der Waals surface area (Å²) in [6.45, 7) is -0.947. The minimum atomic E-state index is -1.42. The van der Waals surface area contributed by atoms with Gasteiger partial charge in [-0.2, -0.15) is 0 Å². The van der Waals surface area contributed by atoms with Gasteiger partial charge in [-0.25, -0.2) is 0 Å². The van der Waals surface area contributed by atoms with Crippen LogP contribution < -0.4 is 0 Å². The lowest BCUT2D eigenvalue weighted by Crippen LogP contribution is -2.55. The molecule has 2 saturated heterocycles. The predicted octanol–water partition coefficient (Wildman–Crippen LogP) is -0.718. The molecular weight excluding hydrogens is 496 g/mol. The summed E-state index contributed by atoms with van der Waals surface area (Å²) in [7, 11) is 0. The number of rotatable bonds is 9. The van der Waals surface area contributed by atoms with Crippen molar-refractivity contribution in [2.75, 3.05) is 13.2 Å². The molecule has 10 heteroatoms. The molecule has 0 saturated carbocycles. The Bertz CT molecular complexity index is 949. The minimum Gasteiger partial charge on any atom is -0.394 e. The van der Waals surface area contributed by atoms with E-state index >= 15 is 0 Å². The number of ether oxygens (including phenoxy) is 2. The quantitative estimate of drug-likeness (QED) is 0.191. The van der Waals surface area contributed by atoms with Gasteiger partial charge in [0.15, 0.2) is 0 Å². The van der Waals surface area contributed by atoms with Crippen LogP contribution in [0.3, 0.4) is 0 Å². The van der Waals surface area contributed by atoms with Gasteiger partial charge >= 0.3 is 0 Å². The van der Waals surface area contributed by atoms with E-state index in [-0.39, 0.29) is 0 Å². The van der Waals surface area contributed by atoms with E-state index in [1.165, 1.54) is 0 Å². The highest BCUT2D eigenvalue weighted by molar-refractivity contribution is 5.28. The van der Waals surface area contributed by atoms with Crippen molar-refractivity contribution in [1.82, 2.24) is 0 Å². The van der Waals surface area contributed by atoms with E-state index in [1.54, 1.807) is 12.1 Å². The third-order valence-corrected chi connectivity index (χ3v) is 7.52. The Labute approximate surface area is 221 Å². The van der Waals surface area contributed by atoms with Crippen molar-refractivity contribution in [2.45, 2.75) is 86.7 Å². The summed E-state index contributed by atoms with van der Waals surface area (Å²) in [4.78, 5) is 0. The van der Waals surface area contributed by atoms with Crippen LogP contribution >= 0.6 is 0 Å². The molecule has 10 nitrogen and oxygen atoms in total. The highest BCUT2D eigenvalue weighted by Gasteiger charge is 2.45. The van der Waals surface area contributed by atoms with Crippen molar-refractivity contribution in [3.8, 4) is 0 Å². The molecule has 4 rings (SSSR count). The first-order chi connectivity index (χ1) is 18.2. The molecule has 2 fully saturated rings. The Morgan fingerprint density at radius 3 is 1.29 bits per heavy atom. The van der Waals surface area contributed by atoms with Gasteiger partial charge in [-0.3, -0.25) is 0 Å². The van der Waals surface area contributed by atoms with Gasteiger partial charge in [-0.1, -0.05) is 48.5 Å². The topological polar surface area (TPSA) is 180 Å². The number of aliphatic hydroxyl groups is 8. The molecular formula is C28H38O10. The van der Waals surface area contributed by atoms with Gasteiger partial charge in [0.25, 0.3) is 0 Å². The number of aliphatic hydroxyl groups excluding tert-OH is 8. The Balaban J connectivity index is 1.33. The third-order valence-electron chi connectivity index (χ3n) is 7.52. The molecule has 10 atom stereocenters. The van der Waals surface area contributed by atoms with Crippen molar-refractivity contribution in [1.29, 1.82) is 0 Å². The Hall–Kier alpha value is -1.96. The molecule has 2 aromatic carbocycles. The van der Waals surface area contributed by atoms with E-state index < -0.39 is 74.3 Å². The lowest BCUT2D eigenvalue weighted by atomic mass is 9.90. The molecule has 0 amide bonds. The number of unbranched alkanes of at least 4 members (excludes halogenated alkanes) is 1. The minimum absolute atomic E-state index is 0.473. The maximum absolute atomic E-state index is 10.4. The number of hydrogen-bond acceptors (Lipinski definition) is 10. The van der Waals surface area contributed by atoms with Gasteiger partial charge in [0, 0.05) is 0 Å². The maximum Gasteiger partial charge on any atom is 0.113 e. The Morgan fingerprint density at radius 2 is 0.921 bits per heavy atom. The van der Waals surface area contributed by atoms with Gasteiger partial charge < -0.3 is 50.3 Å². The monoisotopic (exact) mass is 534 g/mol. The van der Waals surface area contributed by atoms with E-state index in [0.717, 1.165) is 36.8 Å². The third kappa shape index (κ3) is 6.26. The van der Waals surface area contributed by atoms with Gasteiger partial charge in [0.1, 0.15) is 61.0 Å². The van der Waals surface area contributed by atoms with E-state index in [2.05, 4.69) is 0 Å². The molecule has 0 spiro atoms. The molecule has 2 aliphatic rings. The van der Waals surface area contributed by atoms with Gasteiger partial charge in [-0.15, -0.1) is 0 Å². The van der Waals surface area contributed by atoms with Crippen LogP contribution in [0.4, 0.5) is 0 Å². The van der Waals surface area contributed by atoms with Gasteiger partial charge in [0.2, 0.25) is 0 Å². The Kier molecular flexibility index (Phi) is 9.88. The van der Waals surface area contributed by atoms with Crippen molar-refractivity contribution in [3.63, 3.8) is 0 Å². The summed E-state index contributed by atoms with van der Waals surface area (Å²) >= 11 is 0. The smallest absolute Gasteiger partial charge is 0.113 e. The summed E-state index contributed by atoms with van der Waals surface area (Å²) < 4.78 is 11.3. The van der Waals surface area contributed by atoms with E-state index in [9.17, 15) is 40.9 Å². The van der Waals surface area contributed by atoms with E-state index in [0.29, 0.717) is 11.1 Å². The second-order valence-electron chi connectivity index (χ2n) is 10.2. The summed E-state index contributed by atoms with van der Waals surface area (Å²) in [5.41, 5.74) is 3.36. The standard InChI is InChI=1S/C28H38O10/c29-13-19-21(31)23(33)25(35)27(37-19)17-9-3-7-15(11-17)5-1-2-6-16-8-4-10-18(12-16)28-26(36)24(34)22(32)20(14-30)38-28/h3-4,7-12,19-36H,1-2,5-6,13-14H2/t19?,20?,21-,22-,23?,24?,25?,26?,27-,28-/m1/s1. The zero-order valence-corrected chi connectivity index (χ0v) is 21.0. The van der Waals surface area contributed by atoms with Crippen LogP contribution in [0.5, 0.6) is 0 Å². The lowest BCUT2D eigenvalue weighted by molar-refractivity contribution is -0.231. The van der Waals surface area contributed by atoms with Crippen LogP contribution in [0.1, 0.15) is 47.3 Å². The van der Waals surface area contributed by atoms with Crippen molar-refractivity contribution in [3.05, 3.63) is 70.8 Å². The van der Waals surface area contributed by atoms with Crippen molar-refractivity contribution in [2.24, 2.45) is 0 Å². The summed E-state index contributed by atoms with van der Waals surface area (Å²) in [5, 5.41) is 80.0. The van der Waals surface area contributed by atoms with Crippen LogP contribution in [-0.2, 0) is 22.3 Å². The maximum atomic E-state index is 10.4. The molecule has 6 unspecified atom stereocenters. The van der Waals surface area contributed by atoms with Crippen LogP contribution in [-0.4, -0.2) is 103 Å². The normalized spacial score (nSPS) is 35.8. The molecule has 8 N–H and O–H groups in total. The molecule has 0 bridgehead atoms. The first kappa shape index (κ1) is 29.0. The van der Waals surface area contributed by atoms with Crippen molar-refractivity contribution >= 4 is 0 Å². The summed E-state index contributed by atoms with van der Waals surface area (Å²) in [6.07, 6.45) is -8.67. The van der Waals surface area contributed by atoms with Crippen LogP contribution in [0.15, 0.2) is 48.5 Å². The SMILES string of the molecule is OCC1O[C@H](c2cccc(CCCCc3cccc([C@H]4OC(CO)[C@@H](O)C(O)C4O)c3)c2)C(O)C(O)[C@@H]1O. The average Bonchev–Trinajstić information content (AvgIpc) is 2.93. The summed E-state index contributed by atoms with van der Waals surface area (Å²) in [5.74, 6) is 0. The first-order valence-electron chi connectivity index (χ1n) is 13.0. The van der Waals surface area contributed by atoms with Crippen molar-refractivity contribution < 1.29 is 50.3 Å². The molecule has 210 valence electrons. The molecule has 0 aromatic heterocycles. The van der Waals surface area contributed by atoms with Crippen LogP contribution in [0.25, 0.3) is 0 Å². The largest absolute Gasteiger partial charge is 0.394 e. The lowest BCUT2D eigenvalue weighted by Gasteiger charge is -2.40. The van der Waals surface area contributed by atoms with Gasteiger partial charge in [-0.05, 0) is 47.9 Å². The number of aryl methyl sites for hydroxylation is 2. The van der Waals surface area contributed by atoms with Crippen LogP contribution in [0, 0.1) is 0 Å². The highest BCUT2D eigenvalue weighted by Crippen LogP contribution is 2.34. The zero-order chi connectivity index (χ0) is 27.4. The second kappa shape index (κ2) is 12.9. The molecule has 2 aliphatic heterocycles. The molecule has 38 heavy (non-hydrogen) atoms. The number of benzene rings is 2. The highest BCUT2D eigenvalue weighted by atomic mass is 16.6. The van der Waals surface area contributed by atoms with Crippen LogP contribution in [0.2, 0.25) is 0 Å². The fraction of sp³-hybridized carbons (Fsp3) is 0.571. The molecule has 2 aromatic rings. The fourth-order valence-electron chi connectivity index (χ4n) is 5.26. The molecule has 0 aliphatic carbocycles. The average molecular weight is 535 g/mol. The second-order valence-corrected chi connectivity index (χ2v) is 10.2. The Morgan fingerprint density at radius 1 is 0.526 bits per heavy atom. The van der Waals surface area contributed by atoms with E-state index in [4.69, 9.17) is 9.47 Å². The molecule has 2 heterocycles. The van der Waals surface area contributed by atoms with Gasteiger partial charge in [0.05, 0.1) is 13.2 Å². The predicted molar refractivity (Wildman–Crippen MR) is 135 cm³/mol. The first-order valence-corrected chi connectivity index (χ1v) is 13.0. The fourth-order valence-corrected chi connectivity index (χ4v) is 5.26. The summed E-state index contributed by atoms with van der Waals surface area (Å²) in [6, 6.07) is 15.0. The zero-order valence-electron chi connectivity index (χ0n) is 21.0.